The third-order valence-electron chi connectivity index (χ3n) is 1.55. The lowest BCUT2D eigenvalue weighted by Gasteiger charge is -1.92. The number of hydrogen-bond donors (Lipinski definition) is 1. The maximum atomic E-state index is 4.88. The smallest absolute Gasteiger partial charge is 0.0928 e. The van der Waals surface area contributed by atoms with E-state index in [-0.39, 0.29) is 0 Å². The van der Waals surface area contributed by atoms with Gasteiger partial charge >= 0.3 is 0 Å². The molecule has 0 aliphatic carbocycles. The zero-order valence-electron chi connectivity index (χ0n) is 7.29. The first kappa shape index (κ1) is 9.13. The number of aryl methyl sites for hydroxylation is 1. The first-order chi connectivity index (χ1) is 5.77. The molecule has 64 valence electrons. The molecule has 1 heterocycles. The quantitative estimate of drug-likeness (QED) is 0.572. The predicted molar refractivity (Wildman–Crippen MR) is 55.2 cm³/mol. The minimum absolute atomic E-state index is 0.935. The van der Waals surface area contributed by atoms with Gasteiger partial charge in [-0.2, -0.15) is 5.10 Å². The molecule has 0 bridgehead atoms. The molecule has 0 saturated heterocycles. The molecule has 3 heteroatoms. The van der Waals surface area contributed by atoms with Crippen LogP contribution in [0.3, 0.4) is 0 Å². The molecule has 0 radical (unpaired) electrons. The van der Waals surface area contributed by atoms with Gasteiger partial charge in [-0.25, -0.2) is 0 Å². The molecular formula is C9H12N2S. The van der Waals surface area contributed by atoms with Crippen molar-refractivity contribution < 1.29 is 0 Å². The fraction of sp³-hybridized carbons (Fsp3) is 0.333. The molecule has 1 aromatic heterocycles. The van der Waals surface area contributed by atoms with Crippen molar-refractivity contribution in [3.8, 4) is 0 Å². The lowest BCUT2D eigenvalue weighted by atomic mass is 10.2. The number of H-pyrrole nitrogens is 1. The van der Waals surface area contributed by atoms with E-state index in [2.05, 4.69) is 23.2 Å². The number of aromatic amines is 1. The lowest BCUT2D eigenvalue weighted by Crippen LogP contribution is -1.84. The predicted octanol–water partition coefficient (Wildman–Crippen LogP) is 2.51. The van der Waals surface area contributed by atoms with Gasteiger partial charge in [-0.05, 0) is 19.4 Å². The highest BCUT2D eigenvalue weighted by atomic mass is 32.1. The number of rotatable bonds is 3. The van der Waals surface area contributed by atoms with E-state index in [9.17, 15) is 0 Å². The Bertz CT molecular complexity index is 299. The SMILES string of the molecule is CC/C=C(\C=S)c1cc(C)[nH]n1. The fourth-order valence-electron chi connectivity index (χ4n) is 0.999. The van der Waals surface area contributed by atoms with Gasteiger partial charge in [0.2, 0.25) is 0 Å². The Morgan fingerprint density at radius 3 is 2.92 bits per heavy atom. The molecule has 0 spiro atoms. The summed E-state index contributed by atoms with van der Waals surface area (Å²) in [5, 5.41) is 8.66. The van der Waals surface area contributed by atoms with E-state index in [1.807, 2.05) is 13.0 Å². The van der Waals surface area contributed by atoms with Crippen LogP contribution in [0.5, 0.6) is 0 Å². The summed E-state index contributed by atoms with van der Waals surface area (Å²) in [6, 6.07) is 1.99. The Labute approximate surface area is 77.7 Å². The van der Waals surface area contributed by atoms with E-state index >= 15 is 0 Å². The molecule has 1 N–H and O–H groups in total. The second-order valence-corrected chi connectivity index (χ2v) is 2.86. The zero-order valence-corrected chi connectivity index (χ0v) is 8.11. The maximum Gasteiger partial charge on any atom is 0.0928 e. The summed E-state index contributed by atoms with van der Waals surface area (Å²) in [6.07, 6.45) is 3.05. The standard InChI is InChI=1S/C9H12N2S/c1-3-4-8(6-12)9-5-7(2)10-11-9/h4-6H,3H2,1-2H3,(H,10,11)/b8-4+. The van der Waals surface area contributed by atoms with Crippen molar-refractivity contribution in [1.29, 1.82) is 0 Å². The van der Waals surface area contributed by atoms with Gasteiger partial charge in [0.1, 0.15) is 0 Å². The number of allylic oxidation sites excluding steroid dienone is 2. The van der Waals surface area contributed by atoms with Gasteiger partial charge in [0.25, 0.3) is 0 Å². The number of aromatic nitrogens is 2. The van der Waals surface area contributed by atoms with Crippen LogP contribution < -0.4 is 0 Å². The third-order valence-corrected chi connectivity index (χ3v) is 1.81. The first-order valence-corrected chi connectivity index (χ1v) is 4.42. The van der Waals surface area contributed by atoms with E-state index in [0.717, 1.165) is 23.4 Å². The van der Waals surface area contributed by atoms with Crippen LogP contribution in [0.1, 0.15) is 24.7 Å². The monoisotopic (exact) mass is 180 g/mol. The molecule has 0 unspecified atom stereocenters. The summed E-state index contributed by atoms with van der Waals surface area (Å²) in [5.41, 5.74) is 3.02. The van der Waals surface area contributed by atoms with Crippen LogP contribution in [-0.4, -0.2) is 15.6 Å². The van der Waals surface area contributed by atoms with Crippen LogP contribution in [0.15, 0.2) is 12.1 Å². The van der Waals surface area contributed by atoms with Crippen LogP contribution in [0.2, 0.25) is 0 Å². The molecule has 1 aromatic rings. The maximum absolute atomic E-state index is 4.88. The Hall–Kier alpha value is -0.960. The van der Waals surface area contributed by atoms with E-state index in [1.54, 1.807) is 5.37 Å². The summed E-state index contributed by atoms with van der Waals surface area (Å²) in [7, 11) is 0. The Kier molecular flexibility index (Phi) is 3.17. The Morgan fingerprint density at radius 1 is 1.75 bits per heavy atom. The summed E-state index contributed by atoms with van der Waals surface area (Å²) in [5.74, 6) is 0. The lowest BCUT2D eigenvalue weighted by molar-refractivity contribution is 1.04. The number of nitrogens with zero attached hydrogens (tertiary/aromatic N) is 1. The van der Waals surface area contributed by atoms with E-state index in [0.29, 0.717) is 0 Å². The van der Waals surface area contributed by atoms with Crippen LogP contribution in [0, 0.1) is 6.92 Å². The van der Waals surface area contributed by atoms with Gasteiger partial charge in [0.05, 0.1) is 5.69 Å². The summed E-state index contributed by atoms with van der Waals surface area (Å²) in [4.78, 5) is 0. The molecule has 0 amide bonds. The van der Waals surface area contributed by atoms with Crippen molar-refractivity contribution in [2.24, 2.45) is 0 Å². The molecule has 0 aliphatic rings. The molecule has 0 aliphatic heterocycles. The van der Waals surface area contributed by atoms with Gasteiger partial charge < -0.3 is 0 Å². The van der Waals surface area contributed by atoms with Crippen LogP contribution in [0.4, 0.5) is 0 Å². The average Bonchev–Trinajstić information content (AvgIpc) is 2.47. The zero-order chi connectivity index (χ0) is 8.97. The van der Waals surface area contributed by atoms with Crippen LogP contribution in [0.25, 0.3) is 5.57 Å². The number of nitrogens with one attached hydrogen (secondary N) is 1. The van der Waals surface area contributed by atoms with Crippen molar-refractivity contribution in [1.82, 2.24) is 10.2 Å². The van der Waals surface area contributed by atoms with Crippen molar-refractivity contribution >= 4 is 23.2 Å². The Balaban J connectivity index is 2.94. The summed E-state index contributed by atoms with van der Waals surface area (Å²) >= 11 is 4.88. The second-order valence-electron chi connectivity index (χ2n) is 2.62. The molecule has 0 aromatic carbocycles. The largest absolute Gasteiger partial charge is 0.282 e. The van der Waals surface area contributed by atoms with E-state index < -0.39 is 0 Å². The molecular weight excluding hydrogens is 168 g/mol. The third kappa shape index (κ3) is 2.01. The van der Waals surface area contributed by atoms with Crippen molar-refractivity contribution in [2.75, 3.05) is 0 Å². The van der Waals surface area contributed by atoms with E-state index in [1.165, 1.54) is 0 Å². The molecule has 0 atom stereocenters. The van der Waals surface area contributed by atoms with E-state index in [4.69, 9.17) is 12.2 Å². The second kappa shape index (κ2) is 4.16. The Morgan fingerprint density at radius 2 is 2.50 bits per heavy atom. The highest BCUT2D eigenvalue weighted by Gasteiger charge is 2.00. The van der Waals surface area contributed by atoms with Gasteiger partial charge in [-0.1, -0.05) is 25.2 Å². The van der Waals surface area contributed by atoms with Gasteiger partial charge in [-0.15, -0.1) is 0 Å². The normalized spacial score (nSPS) is 11.7. The van der Waals surface area contributed by atoms with Crippen molar-refractivity contribution in [3.05, 3.63) is 23.5 Å². The molecule has 12 heavy (non-hydrogen) atoms. The number of hydrogen-bond acceptors (Lipinski definition) is 2. The van der Waals surface area contributed by atoms with Crippen molar-refractivity contribution in [3.63, 3.8) is 0 Å². The van der Waals surface area contributed by atoms with Gasteiger partial charge in [0.15, 0.2) is 0 Å². The molecule has 1 rings (SSSR count). The minimum Gasteiger partial charge on any atom is -0.282 e. The van der Waals surface area contributed by atoms with Gasteiger partial charge in [0, 0.05) is 16.6 Å². The highest BCUT2D eigenvalue weighted by Crippen LogP contribution is 2.10. The average molecular weight is 180 g/mol. The summed E-state index contributed by atoms with van der Waals surface area (Å²) < 4.78 is 0. The van der Waals surface area contributed by atoms with Crippen LogP contribution >= 0.6 is 12.2 Å². The van der Waals surface area contributed by atoms with Gasteiger partial charge in [-0.3, -0.25) is 5.10 Å². The minimum atomic E-state index is 0.935. The fourth-order valence-corrected chi connectivity index (χ4v) is 1.22. The molecule has 0 fully saturated rings. The molecule has 0 saturated carbocycles. The topological polar surface area (TPSA) is 28.7 Å². The summed E-state index contributed by atoms with van der Waals surface area (Å²) in [6.45, 7) is 4.06. The molecule has 2 nitrogen and oxygen atoms in total. The number of thiocarbonyl (C=S) groups is 1. The first-order valence-electron chi connectivity index (χ1n) is 3.95. The van der Waals surface area contributed by atoms with Crippen LogP contribution in [-0.2, 0) is 0 Å². The highest BCUT2D eigenvalue weighted by molar-refractivity contribution is 7.79. The van der Waals surface area contributed by atoms with Crippen molar-refractivity contribution in [2.45, 2.75) is 20.3 Å².